The Morgan fingerprint density at radius 3 is 2.27 bits per heavy atom. The van der Waals surface area contributed by atoms with Gasteiger partial charge in [0.05, 0.1) is 30.2 Å². The number of hydrogen-bond acceptors (Lipinski definition) is 7. The first kappa shape index (κ1) is 36.7. The quantitative estimate of drug-likeness (QED) is 0.0679. The third kappa shape index (κ3) is 9.63. The molecule has 1 aliphatic heterocycles. The number of aliphatic hydroxyl groups is 1. The highest BCUT2D eigenvalue weighted by molar-refractivity contribution is 5.94. The molecule has 1 fully saturated rings. The molecule has 5 N–H and O–H groups in total. The van der Waals surface area contributed by atoms with Crippen molar-refractivity contribution >= 4 is 39.6 Å². The van der Waals surface area contributed by atoms with Crippen molar-refractivity contribution in [1.29, 1.82) is 0 Å². The summed E-state index contributed by atoms with van der Waals surface area (Å²) in [5.74, 6) is -0.256. The minimum absolute atomic E-state index is 0.0186. The predicted molar refractivity (Wildman–Crippen MR) is 206 cm³/mol. The number of anilines is 3. The van der Waals surface area contributed by atoms with Crippen LogP contribution in [0.25, 0.3) is 10.8 Å². The van der Waals surface area contributed by atoms with Crippen LogP contribution in [0.3, 0.4) is 0 Å². The first-order chi connectivity index (χ1) is 25.2. The molecule has 9 heteroatoms. The molecule has 5 aromatic carbocycles. The number of para-hydroxylation sites is 2. The fourth-order valence-electron chi connectivity index (χ4n) is 6.62. The second-order valence-corrected chi connectivity index (χ2v) is 13.6. The smallest absolute Gasteiger partial charge is 0.224 e. The van der Waals surface area contributed by atoms with Crippen LogP contribution >= 0.6 is 0 Å². The molecular formula is C43H48N4O5. The molecule has 0 saturated carbocycles. The van der Waals surface area contributed by atoms with Crippen molar-refractivity contribution in [2.75, 3.05) is 30.0 Å². The van der Waals surface area contributed by atoms with Gasteiger partial charge in [-0.15, -0.1) is 0 Å². The van der Waals surface area contributed by atoms with Crippen molar-refractivity contribution in [3.8, 4) is 0 Å². The molecule has 1 heterocycles. The summed E-state index contributed by atoms with van der Waals surface area (Å²) in [5.41, 5.74) is 11.6. The summed E-state index contributed by atoms with van der Waals surface area (Å²) in [6, 6.07) is 37.8. The molecule has 1 aliphatic rings. The van der Waals surface area contributed by atoms with Crippen molar-refractivity contribution in [2.24, 2.45) is 0 Å². The summed E-state index contributed by atoms with van der Waals surface area (Å²) in [6.45, 7) is 2.88. The van der Waals surface area contributed by atoms with Crippen LogP contribution in [0.1, 0.15) is 79.7 Å². The van der Waals surface area contributed by atoms with E-state index in [1.54, 1.807) is 12.1 Å². The number of amides is 2. The number of nitrogens with one attached hydrogen (secondary N) is 2. The molecule has 0 spiro atoms. The van der Waals surface area contributed by atoms with Gasteiger partial charge in [-0.3, -0.25) is 14.5 Å². The van der Waals surface area contributed by atoms with Crippen LogP contribution < -0.4 is 16.4 Å². The molecule has 4 unspecified atom stereocenters. The molecule has 2 amide bonds. The SMILES string of the molecule is CC(c1ccc2ccccc2c1)N(C)CC1CC(c2ccc(CO)cc2)OC(c2cccc(NC(=O)CCCCC(=O)Nc3ccccc3N)c2)O1. The fourth-order valence-corrected chi connectivity index (χ4v) is 6.62. The van der Waals surface area contributed by atoms with Crippen LogP contribution in [0.5, 0.6) is 0 Å². The van der Waals surface area contributed by atoms with Crippen molar-refractivity contribution in [3.05, 3.63) is 138 Å². The molecule has 0 radical (unpaired) electrons. The van der Waals surface area contributed by atoms with Gasteiger partial charge >= 0.3 is 0 Å². The largest absolute Gasteiger partial charge is 0.397 e. The van der Waals surface area contributed by atoms with Gasteiger partial charge in [-0.2, -0.15) is 0 Å². The van der Waals surface area contributed by atoms with E-state index in [2.05, 4.69) is 72.0 Å². The van der Waals surface area contributed by atoms with E-state index in [-0.39, 0.29) is 43.1 Å². The van der Waals surface area contributed by atoms with E-state index in [9.17, 15) is 14.7 Å². The average Bonchev–Trinajstić information content (AvgIpc) is 3.17. The summed E-state index contributed by atoms with van der Waals surface area (Å²) < 4.78 is 13.2. The fraction of sp³-hybridized carbons (Fsp3) is 0.302. The van der Waals surface area contributed by atoms with Crippen molar-refractivity contribution in [2.45, 2.75) is 70.2 Å². The summed E-state index contributed by atoms with van der Waals surface area (Å²) in [7, 11) is 2.13. The number of nitrogens with two attached hydrogens (primary N) is 1. The van der Waals surface area contributed by atoms with Gasteiger partial charge in [-0.05, 0) is 84.6 Å². The lowest BCUT2D eigenvalue weighted by Crippen LogP contribution is -2.38. The Morgan fingerprint density at radius 1 is 0.808 bits per heavy atom. The third-order valence-corrected chi connectivity index (χ3v) is 9.76. The molecule has 0 aliphatic carbocycles. The summed E-state index contributed by atoms with van der Waals surface area (Å²) >= 11 is 0. The topological polar surface area (TPSA) is 126 Å². The molecule has 52 heavy (non-hydrogen) atoms. The van der Waals surface area contributed by atoms with Gasteiger partial charge in [0.15, 0.2) is 6.29 Å². The van der Waals surface area contributed by atoms with Gasteiger partial charge < -0.3 is 30.9 Å². The maximum Gasteiger partial charge on any atom is 0.224 e. The Balaban J connectivity index is 1.08. The normalized spacial score (nSPS) is 17.9. The highest BCUT2D eigenvalue weighted by atomic mass is 16.7. The molecule has 0 aromatic heterocycles. The number of nitrogens with zero attached hydrogens (tertiary/aromatic N) is 1. The first-order valence-corrected chi connectivity index (χ1v) is 18.0. The highest BCUT2D eigenvalue weighted by Gasteiger charge is 2.33. The summed E-state index contributed by atoms with van der Waals surface area (Å²) in [4.78, 5) is 27.6. The van der Waals surface area contributed by atoms with E-state index >= 15 is 0 Å². The zero-order valence-electron chi connectivity index (χ0n) is 29.8. The van der Waals surface area contributed by atoms with Crippen LogP contribution in [0, 0.1) is 0 Å². The number of hydrogen-bond donors (Lipinski definition) is 4. The second-order valence-electron chi connectivity index (χ2n) is 13.6. The van der Waals surface area contributed by atoms with Crippen molar-refractivity contribution in [3.63, 3.8) is 0 Å². The minimum atomic E-state index is -0.653. The Hall–Kier alpha value is -5.06. The molecule has 270 valence electrons. The minimum Gasteiger partial charge on any atom is -0.397 e. The zero-order valence-corrected chi connectivity index (χ0v) is 29.8. The predicted octanol–water partition coefficient (Wildman–Crippen LogP) is 8.29. The lowest BCUT2D eigenvalue weighted by molar-refractivity contribution is -0.253. The van der Waals surface area contributed by atoms with E-state index < -0.39 is 6.29 Å². The Labute approximate surface area is 305 Å². The number of rotatable bonds is 14. The maximum atomic E-state index is 12.9. The van der Waals surface area contributed by atoms with Crippen LogP contribution in [0.15, 0.2) is 115 Å². The van der Waals surface area contributed by atoms with E-state index in [4.69, 9.17) is 15.2 Å². The lowest BCUT2D eigenvalue weighted by atomic mass is 9.98. The van der Waals surface area contributed by atoms with Gasteiger partial charge in [-0.1, -0.05) is 84.9 Å². The Kier molecular flexibility index (Phi) is 12.3. The van der Waals surface area contributed by atoms with Gasteiger partial charge in [0, 0.05) is 43.1 Å². The summed E-state index contributed by atoms with van der Waals surface area (Å²) in [5, 5.41) is 17.9. The summed E-state index contributed by atoms with van der Waals surface area (Å²) in [6.07, 6.45) is 1.38. The molecule has 6 rings (SSSR count). The number of aliphatic hydroxyl groups excluding tert-OH is 1. The Morgan fingerprint density at radius 2 is 1.52 bits per heavy atom. The zero-order chi connectivity index (χ0) is 36.5. The van der Waals surface area contributed by atoms with Crippen LogP contribution in [-0.4, -0.2) is 41.5 Å². The number of carbonyl (C=O) groups is 2. The van der Waals surface area contributed by atoms with Gasteiger partial charge in [0.25, 0.3) is 0 Å². The number of carbonyl (C=O) groups excluding carboxylic acids is 2. The third-order valence-electron chi connectivity index (χ3n) is 9.76. The second kappa shape index (κ2) is 17.4. The monoisotopic (exact) mass is 700 g/mol. The molecule has 9 nitrogen and oxygen atoms in total. The lowest BCUT2D eigenvalue weighted by Gasteiger charge is -2.39. The van der Waals surface area contributed by atoms with Crippen molar-refractivity contribution < 1.29 is 24.2 Å². The van der Waals surface area contributed by atoms with E-state index in [1.165, 1.54) is 16.3 Å². The molecular weight excluding hydrogens is 652 g/mol. The average molecular weight is 701 g/mol. The van der Waals surface area contributed by atoms with Crippen molar-refractivity contribution in [1.82, 2.24) is 4.90 Å². The van der Waals surface area contributed by atoms with Gasteiger partial charge in [-0.25, -0.2) is 0 Å². The maximum absolute atomic E-state index is 12.9. The molecule has 0 bridgehead atoms. The number of likely N-dealkylation sites (N-methyl/N-ethyl adjacent to an activating group) is 1. The van der Waals surface area contributed by atoms with Crippen LogP contribution in [-0.2, 0) is 25.7 Å². The van der Waals surface area contributed by atoms with Crippen LogP contribution in [0.2, 0.25) is 0 Å². The highest BCUT2D eigenvalue weighted by Crippen LogP contribution is 2.39. The van der Waals surface area contributed by atoms with Gasteiger partial charge in [0.1, 0.15) is 0 Å². The first-order valence-electron chi connectivity index (χ1n) is 18.0. The number of benzene rings is 5. The van der Waals surface area contributed by atoms with Crippen LogP contribution in [0.4, 0.5) is 17.1 Å². The van der Waals surface area contributed by atoms with E-state index in [0.717, 1.165) is 16.7 Å². The number of unbranched alkanes of at least 4 members (excludes halogenated alkanes) is 1. The Bertz CT molecular complexity index is 1970. The standard InChI is InChI=1S/C43H48N4O5/c1-29(33-23-22-31-10-3-4-11-34(31)24-33)47(2)27-37-26-40(32-20-18-30(28-48)19-21-32)52-43(51-37)35-12-9-13-36(25-35)45-41(49)16-7-8-17-42(50)46-39-15-6-5-14-38(39)44/h3-6,9-15,18-25,29,37,40,43,48H,7-8,16-17,26-28,44H2,1-2H3,(H,45,49)(H,46,50). The van der Waals surface area contributed by atoms with E-state index in [1.807, 2.05) is 60.7 Å². The molecule has 5 aromatic rings. The van der Waals surface area contributed by atoms with E-state index in [0.29, 0.717) is 49.3 Å². The molecule has 1 saturated heterocycles. The van der Waals surface area contributed by atoms with Gasteiger partial charge in [0.2, 0.25) is 11.8 Å². The number of ether oxygens (including phenoxy) is 2. The number of fused-ring (bicyclic) bond motifs is 1. The number of nitrogen functional groups attached to an aromatic ring is 1. The molecule has 4 atom stereocenters.